The number of nitrogens with one attached hydrogen (secondary N) is 1. The third-order valence-corrected chi connectivity index (χ3v) is 3.13. The minimum absolute atomic E-state index is 0.124. The highest BCUT2D eigenvalue weighted by Crippen LogP contribution is 1.92. The molecule has 0 radical (unpaired) electrons. The van der Waals surface area contributed by atoms with Crippen molar-refractivity contribution in [1.29, 1.82) is 0 Å². The van der Waals surface area contributed by atoms with Gasteiger partial charge < -0.3 is 19.2 Å². The second-order valence-electron chi connectivity index (χ2n) is 4.77. The van der Waals surface area contributed by atoms with Crippen molar-refractivity contribution >= 4 is 18.2 Å². The highest BCUT2D eigenvalue weighted by atomic mass is 32.1. The number of aromatic nitrogens is 2. The van der Waals surface area contributed by atoms with Crippen LogP contribution in [0.15, 0.2) is 29.2 Å². The molecule has 128 valence electrons. The highest BCUT2D eigenvalue weighted by molar-refractivity contribution is 7.71. The van der Waals surface area contributed by atoms with E-state index in [-0.39, 0.29) is 12.2 Å². The van der Waals surface area contributed by atoms with E-state index in [2.05, 4.69) is 11.6 Å². The van der Waals surface area contributed by atoms with Crippen LogP contribution in [0.5, 0.6) is 0 Å². The fraction of sp³-hybridized carbons (Fsp3) is 0.533. The zero-order valence-electron chi connectivity index (χ0n) is 13.2. The number of carbonyl (C=O) groups is 1. The van der Waals surface area contributed by atoms with E-state index in [4.69, 9.17) is 26.4 Å². The van der Waals surface area contributed by atoms with Gasteiger partial charge in [0.1, 0.15) is 6.61 Å². The first kappa shape index (κ1) is 19.3. The van der Waals surface area contributed by atoms with E-state index in [0.717, 1.165) is 0 Å². The van der Waals surface area contributed by atoms with Gasteiger partial charge in [0.15, 0.2) is 4.77 Å². The Morgan fingerprint density at radius 1 is 1.26 bits per heavy atom. The van der Waals surface area contributed by atoms with Crippen molar-refractivity contribution < 1.29 is 19.0 Å². The van der Waals surface area contributed by atoms with Crippen LogP contribution >= 0.6 is 12.2 Å². The molecule has 1 aromatic heterocycles. The Balaban J connectivity index is 2.00. The first-order valence-corrected chi connectivity index (χ1v) is 7.70. The molecule has 0 bridgehead atoms. The number of hydrogen-bond donors (Lipinski definition) is 1. The summed E-state index contributed by atoms with van der Waals surface area (Å²) in [5, 5.41) is 0. The van der Waals surface area contributed by atoms with E-state index >= 15 is 0 Å². The van der Waals surface area contributed by atoms with Gasteiger partial charge in [0, 0.05) is 31.0 Å². The van der Waals surface area contributed by atoms with Gasteiger partial charge in [0.25, 0.3) is 5.56 Å². The lowest BCUT2D eigenvalue weighted by Crippen LogP contribution is -2.21. The Labute approximate surface area is 139 Å². The number of H-pyrrole nitrogens is 1. The monoisotopic (exact) mass is 342 g/mol. The molecule has 0 saturated heterocycles. The second-order valence-corrected chi connectivity index (χ2v) is 5.15. The second kappa shape index (κ2) is 10.9. The molecular weight excluding hydrogens is 320 g/mol. The molecule has 0 saturated carbocycles. The molecule has 0 unspecified atom stereocenters. The third kappa shape index (κ3) is 7.87. The molecule has 8 heteroatoms. The molecule has 0 fully saturated rings. The molecule has 23 heavy (non-hydrogen) atoms. The average Bonchev–Trinajstić information content (AvgIpc) is 2.51. The molecule has 0 atom stereocenters. The Hall–Kier alpha value is -1.77. The summed E-state index contributed by atoms with van der Waals surface area (Å²) in [6.45, 7) is 7.44. The van der Waals surface area contributed by atoms with Crippen molar-refractivity contribution in [1.82, 2.24) is 9.55 Å². The van der Waals surface area contributed by atoms with Crippen LogP contribution in [0.1, 0.15) is 13.3 Å². The van der Waals surface area contributed by atoms with Gasteiger partial charge >= 0.3 is 5.97 Å². The van der Waals surface area contributed by atoms with Crippen LogP contribution < -0.4 is 5.56 Å². The zero-order chi connectivity index (χ0) is 17.1. The lowest BCUT2D eigenvalue weighted by atomic mass is 10.4. The number of hydrogen-bond acceptors (Lipinski definition) is 6. The zero-order valence-corrected chi connectivity index (χ0v) is 14.0. The standard InChI is InChI=1S/C15H22N2O5S/c1-12(2)14(19)22-11-10-21-9-8-20-7-3-6-17-13(18)4-5-16-15(17)23/h4-5H,1,3,6-11H2,2H3,(H,16,23). The Bertz CT molecular complexity index is 595. The van der Waals surface area contributed by atoms with Crippen molar-refractivity contribution in [3.8, 4) is 0 Å². The third-order valence-electron chi connectivity index (χ3n) is 2.80. The topological polar surface area (TPSA) is 82.6 Å². The average molecular weight is 342 g/mol. The van der Waals surface area contributed by atoms with Crippen LogP contribution in [0, 0.1) is 4.77 Å². The summed E-state index contributed by atoms with van der Waals surface area (Å²) in [7, 11) is 0. The van der Waals surface area contributed by atoms with Crippen molar-refractivity contribution in [3.05, 3.63) is 39.5 Å². The van der Waals surface area contributed by atoms with Gasteiger partial charge in [-0.25, -0.2) is 4.79 Å². The molecule has 1 heterocycles. The van der Waals surface area contributed by atoms with Gasteiger partial charge in [-0.1, -0.05) is 6.58 Å². The number of nitrogens with zero attached hydrogens (tertiary/aromatic N) is 1. The number of ether oxygens (including phenoxy) is 3. The van der Waals surface area contributed by atoms with Crippen molar-refractivity contribution in [2.24, 2.45) is 0 Å². The van der Waals surface area contributed by atoms with Crippen molar-refractivity contribution in [2.75, 3.05) is 33.0 Å². The van der Waals surface area contributed by atoms with Gasteiger partial charge in [0.2, 0.25) is 0 Å². The molecule has 0 amide bonds. The fourth-order valence-corrected chi connectivity index (χ4v) is 1.88. The van der Waals surface area contributed by atoms with E-state index in [9.17, 15) is 9.59 Å². The minimum atomic E-state index is -0.417. The minimum Gasteiger partial charge on any atom is -0.460 e. The fourth-order valence-electron chi connectivity index (χ4n) is 1.63. The summed E-state index contributed by atoms with van der Waals surface area (Å²) < 4.78 is 17.4. The molecule has 0 aliphatic rings. The predicted molar refractivity (Wildman–Crippen MR) is 87.9 cm³/mol. The first-order chi connectivity index (χ1) is 11.0. The smallest absolute Gasteiger partial charge is 0.333 e. The van der Waals surface area contributed by atoms with E-state index in [1.807, 2.05) is 0 Å². The summed E-state index contributed by atoms with van der Waals surface area (Å²) in [6.07, 6.45) is 2.21. The maximum atomic E-state index is 11.6. The van der Waals surface area contributed by atoms with Gasteiger partial charge in [-0.05, 0) is 25.6 Å². The van der Waals surface area contributed by atoms with Crippen LogP contribution in [-0.2, 0) is 25.5 Å². The molecule has 1 aromatic rings. The number of esters is 1. The van der Waals surface area contributed by atoms with Crippen LogP contribution in [0.2, 0.25) is 0 Å². The van der Waals surface area contributed by atoms with Crippen LogP contribution in [0.25, 0.3) is 0 Å². The summed E-state index contributed by atoms with van der Waals surface area (Å²) in [5.74, 6) is -0.417. The lowest BCUT2D eigenvalue weighted by Gasteiger charge is -2.08. The maximum Gasteiger partial charge on any atom is 0.333 e. The molecule has 0 aliphatic heterocycles. The number of rotatable bonds is 11. The summed E-state index contributed by atoms with van der Waals surface area (Å²) in [6, 6.07) is 1.44. The number of carbonyl (C=O) groups excluding carboxylic acids is 1. The number of aromatic amines is 1. The molecule has 7 nitrogen and oxygen atoms in total. The molecular formula is C15H22N2O5S. The molecule has 1 rings (SSSR count). The van der Waals surface area contributed by atoms with E-state index in [1.165, 1.54) is 16.8 Å². The van der Waals surface area contributed by atoms with E-state index in [0.29, 0.717) is 49.7 Å². The first-order valence-electron chi connectivity index (χ1n) is 7.29. The normalized spacial score (nSPS) is 10.5. The quantitative estimate of drug-likeness (QED) is 0.284. The Morgan fingerprint density at radius 2 is 1.91 bits per heavy atom. The van der Waals surface area contributed by atoms with Gasteiger partial charge in [-0.15, -0.1) is 0 Å². The van der Waals surface area contributed by atoms with Crippen molar-refractivity contribution in [3.63, 3.8) is 0 Å². The summed E-state index contributed by atoms with van der Waals surface area (Å²) in [4.78, 5) is 25.5. The van der Waals surface area contributed by atoms with Crippen LogP contribution in [0.4, 0.5) is 0 Å². The summed E-state index contributed by atoms with van der Waals surface area (Å²) in [5.41, 5.74) is 0.243. The molecule has 0 aliphatic carbocycles. The molecule has 0 aromatic carbocycles. The highest BCUT2D eigenvalue weighted by Gasteiger charge is 2.02. The predicted octanol–water partition coefficient (Wildman–Crippen LogP) is 1.45. The van der Waals surface area contributed by atoms with Crippen molar-refractivity contribution in [2.45, 2.75) is 19.9 Å². The molecule has 1 N–H and O–H groups in total. The Kier molecular flexibility index (Phi) is 9.11. The largest absolute Gasteiger partial charge is 0.460 e. The van der Waals surface area contributed by atoms with Gasteiger partial charge in [-0.3, -0.25) is 9.36 Å². The van der Waals surface area contributed by atoms with Crippen LogP contribution in [0.3, 0.4) is 0 Å². The van der Waals surface area contributed by atoms with E-state index in [1.54, 1.807) is 6.92 Å². The Morgan fingerprint density at radius 3 is 2.57 bits per heavy atom. The van der Waals surface area contributed by atoms with Crippen LogP contribution in [-0.4, -0.2) is 48.6 Å². The van der Waals surface area contributed by atoms with Gasteiger partial charge in [-0.2, -0.15) is 0 Å². The lowest BCUT2D eigenvalue weighted by molar-refractivity contribution is -0.140. The molecule has 0 spiro atoms. The van der Waals surface area contributed by atoms with E-state index < -0.39 is 5.97 Å². The SMILES string of the molecule is C=C(C)C(=O)OCCOCCOCCCn1c(=O)cc[nH]c1=S. The maximum absolute atomic E-state index is 11.6. The summed E-state index contributed by atoms with van der Waals surface area (Å²) >= 11 is 5.04. The van der Waals surface area contributed by atoms with Gasteiger partial charge in [0.05, 0.1) is 19.8 Å².